The van der Waals surface area contributed by atoms with E-state index in [1.165, 1.54) is 6.08 Å². The highest BCUT2D eigenvalue weighted by atomic mass is 16.3. The maximum Gasteiger partial charge on any atom is 0.159 e. The summed E-state index contributed by atoms with van der Waals surface area (Å²) in [4.78, 5) is 25.2. The number of hydrogen-bond acceptors (Lipinski definition) is 6. The van der Waals surface area contributed by atoms with Gasteiger partial charge in [0, 0.05) is 22.7 Å². The van der Waals surface area contributed by atoms with E-state index < -0.39 is 40.2 Å². The Morgan fingerprint density at radius 2 is 1.67 bits per heavy atom. The van der Waals surface area contributed by atoms with Gasteiger partial charge in [0.15, 0.2) is 5.78 Å². The largest absolute Gasteiger partial charge is 0.390 e. The van der Waals surface area contributed by atoms with Crippen LogP contribution in [0.2, 0.25) is 0 Å². The van der Waals surface area contributed by atoms with E-state index in [2.05, 4.69) is 0 Å². The molecule has 0 amide bonds. The van der Waals surface area contributed by atoms with Crippen LogP contribution in [0.25, 0.3) is 0 Å². The van der Waals surface area contributed by atoms with E-state index in [1.807, 2.05) is 6.92 Å². The van der Waals surface area contributed by atoms with Gasteiger partial charge in [0.25, 0.3) is 0 Å². The van der Waals surface area contributed by atoms with Crippen LogP contribution >= 0.6 is 0 Å². The lowest BCUT2D eigenvalue weighted by Gasteiger charge is -2.63. The van der Waals surface area contributed by atoms with Crippen molar-refractivity contribution >= 4 is 11.6 Å². The zero-order chi connectivity index (χ0) is 20.0. The Morgan fingerprint density at radius 1 is 1.04 bits per heavy atom. The maximum atomic E-state index is 13.0. The predicted molar refractivity (Wildman–Crippen MR) is 96.6 cm³/mol. The summed E-state index contributed by atoms with van der Waals surface area (Å²) >= 11 is 0. The molecule has 0 aromatic rings. The fraction of sp³-hybridized carbons (Fsp3) is 0.810. The Labute approximate surface area is 159 Å². The number of hydrogen-bond donors (Lipinski definition) is 4. The molecule has 3 fully saturated rings. The Balaban J connectivity index is 1.86. The molecule has 0 saturated heterocycles. The fourth-order valence-corrected chi connectivity index (χ4v) is 6.97. The fourth-order valence-electron chi connectivity index (χ4n) is 6.97. The van der Waals surface area contributed by atoms with Crippen LogP contribution in [-0.2, 0) is 9.59 Å². The second-order valence-corrected chi connectivity index (χ2v) is 9.84. The van der Waals surface area contributed by atoms with Gasteiger partial charge in [0.2, 0.25) is 0 Å². The van der Waals surface area contributed by atoms with E-state index in [4.69, 9.17) is 0 Å². The normalized spacial score (nSPS) is 54.6. The van der Waals surface area contributed by atoms with Gasteiger partial charge in [0.1, 0.15) is 5.78 Å². The quantitative estimate of drug-likeness (QED) is 0.539. The van der Waals surface area contributed by atoms with Crippen LogP contribution < -0.4 is 0 Å². The van der Waals surface area contributed by atoms with Crippen molar-refractivity contribution in [2.45, 2.75) is 82.7 Å². The Hall–Kier alpha value is -1.08. The van der Waals surface area contributed by atoms with E-state index >= 15 is 0 Å². The minimum absolute atomic E-state index is 0.0295. The molecular formula is C21H30O6. The molecule has 0 aromatic carbocycles. The summed E-state index contributed by atoms with van der Waals surface area (Å²) < 4.78 is 0. The molecule has 0 bridgehead atoms. The molecule has 27 heavy (non-hydrogen) atoms. The lowest BCUT2D eigenvalue weighted by molar-refractivity contribution is -0.204. The third-order valence-corrected chi connectivity index (χ3v) is 8.80. The monoisotopic (exact) mass is 378 g/mol. The van der Waals surface area contributed by atoms with Crippen molar-refractivity contribution < 1.29 is 30.0 Å². The van der Waals surface area contributed by atoms with Gasteiger partial charge in [-0.25, -0.2) is 0 Å². The number of allylic oxidation sites excluding steroid dienone is 1. The Bertz CT molecular complexity index is 745. The standard InChI is InChI=1S/C21H30O6/c1-11(22)12-4-5-20(26)17-9-14(23)13-8-15(24)16(25)10-19(13,3)21(17,27)7-6-18(12,20)2/h9,12-13,15-16,24-27H,4-8,10H2,1-3H3/t12-,13+,15-,16+,18-,19+,20-,21-/m1/s1. The molecule has 6 nitrogen and oxygen atoms in total. The molecule has 0 radical (unpaired) electrons. The van der Waals surface area contributed by atoms with Crippen molar-refractivity contribution in [3.63, 3.8) is 0 Å². The zero-order valence-electron chi connectivity index (χ0n) is 16.2. The molecule has 4 aliphatic rings. The molecule has 0 aliphatic heterocycles. The van der Waals surface area contributed by atoms with E-state index in [1.54, 1.807) is 13.8 Å². The van der Waals surface area contributed by atoms with Crippen LogP contribution in [0, 0.1) is 22.7 Å². The summed E-state index contributed by atoms with van der Waals surface area (Å²) in [5.74, 6) is -1.08. The van der Waals surface area contributed by atoms with Gasteiger partial charge < -0.3 is 20.4 Å². The summed E-state index contributed by atoms with van der Waals surface area (Å²) in [6, 6.07) is 0. The van der Waals surface area contributed by atoms with Crippen molar-refractivity contribution in [3.05, 3.63) is 11.6 Å². The minimum Gasteiger partial charge on any atom is -0.390 e. The Morgan fingerprint density at radius 3 is 2.30 bits per heavy atom. The lowest BCUT2D eigenvalue weighted by Crippen LogP contribution is -2.69. The van der Waals surface area contributed by atoms with Crippen molar-refractivity contribution in [1.29, 1.82) is 0 Å². The topological polar surface area (TPSA) is 115 Å². The van der Waals surface area contributed by atoms with Crippen molar-refractivity contribution in [3.8, 4) is 0 Å². The number of Topliss-reactive ketones (excluding diaryl/α,β-unsaturated/α-hetero) is 1. The van der Waals surface area contributed by atoms with E-state index in [0.717, 1.165) is 0 Å². The molecule has 4 aliphatic carbocycles. The first kappa shape index (κ1) is 19.2. The van der Waals surface area contributed by atoms with Crippen molar-refractivity contribution in [2.24, 2.45) is 22.7 Å². The highest BCUT2D eigenvalue weighted by Gasteiger charge is 2.72. The molecular weight excluding hydrogens is 348 g/mol. The van der Waals surface area contributed by atoms with Gasteiger partial charge in [-0.05, 0) is 57.1 Å². The molecule has 0 aromatic heterocycles. The van der Waals surface area contributed by atoms with Crippen LogP contribution in [0.4, 0.5) is 0 Å². The van der Waals surface area contributed by atoms with Gasteiger partial charge in [-0.15, -0.1) is 0 Å². The van der Waals surface area contributed by atoms with Gasteiger partial charge in [-0.3, -0.25) is 9.59 Å². The molecule has 6 heteroatoms. The molecule has 0 heterocycles. The van der Waals surface area contributed by atoms with E-state index in [0.29, 0.717) is 31.3 Å². The number of carbonyl (C=O) groups is 2. The van der Waals surface area contributed by atoms with Gasteiger partial charge in [-0.1, -0.05) is 13.8 Å². The minimum atomic E-state index is -1.44. The number of fused-ring (bicyclic) bond motifs is 5. The first-order valence-corrected chi connectivity index (χ1v) is 9.98. The second-order valence-electron chi connectivity index (χ2n) is 9.84. The number of ketones is 2. The lowest BCUT2D eigenvalue weighted by atomic mass is 9.44. The predicted octanol–water partition coefficient (Wildman–Crippen LogP) is 0.895. The molecule has 0 spiro atoms. The van der Waals surface area contributed by atoms with E-state index in [-0.39, 0.29) is 30.3 Å². The number of carbonyl (C=O) groups excluding carboxylic acids is 2. The molecule has 8 atom stereocenters. The summed E-state index contributed by atoms with van der Waals surface area (Å²) in [6.45, 7) is 5.23. The highest BCUT2D eigenvalue weighted by Crippen LogP contribution is 2.68. The molecule has 0 unspecified atom stereocenters. The maximum absolute atomic E-state index is 13.0. The average molecular weight is 378 g/mol. The number of aliphatic hydroxyl groups excluding tert-OH is 2. The van der Waals surface area contributed by atoms with Crippen LogP contribution in [0.15, 0.2) is 11.6 Å². The third kappa shape index (κ3) is 2.10. The molecule has 4 N–H and O–H groups in total. The molecule has 3 saturated carbocycles. The van der Waals surface area contributed by atoms with Gasteiger partial charge >= 0.3 is 0 Å². The third-order valence-electron chi connectivity index (χ3n) is 8.80. The van der Waals surface area contributed by atoms with Crippen LogP contribution in [0.3, 0.4) is 0 Å². The van der Waals surface area contributed by atoms with Crippen molar-refractivity contribution in [1.82, 2.24) is 0 Å². The SMILES string of the molecule is CC(=O)[C@H]1CC[C@@]2(O)C3=CC(=O)[C@@H]4C[C@@H](O)[C@@H](O)C[C@]4(C)[C@@]3(O)CC[C@]12C. The second kappa shape index (κ2) is 5.50. The van der Waals surface area contributed by atoms with Crippen LogP contribution in [0.5, 0.6) is 0 Å². The first-order valence-electron chi connectivity index (χ1n) is 9.98. The molecule has 150 valence electrons. The van der Waals surface area contributed by atoms with Crippen LogP contribution in [0.1, 0.15) is 59.3 Å². The average Bonchev–Trinajstić information content (AvgIpc) is 2.85. The van der Waals surface area contributed by atoms with Crippen LogP contribution in [-0.4, -0.2) is 55.4 Å². The number of rotatable bonds is 1. The number of aliphatic hydroxyl groups is 4. The van der Waals surface area contributed by atoms with Crippen molar-refractivity contribution in [2.75, 3.05) is 0 Å². The summed E-state index contributed by atoms with van der Waals surface area (Å²) in [7, 11) is 0. The summed E-state index contributed by atoms with van der Waals surface area (Å²) in [5, 5.41) is 44.0. The zero-order valence-corrected chi connectivity index (χ0v) is 16.2. The summed E-state index contributed by atoms with van der Waals surface area (Å²) in [6.07, 6.45) is 1.25. The Kier molecular flexibility index (Phi) is 3.92. The first-order chi connectivity index (χ1) is 12.4. The van der Waals surface area contributed by atoms with E-state index in [9.17, 15) is 30.0 Å². The van der Waals surface area contributed by atoms with Gasteiger partial charge in [-0.2, -0.15) is 0 Å². The molecule has 4 rings (SSSR count). The van der Waals surface area contributed by atoms with Gasteiger partial charge in [0.05, 0.1) is 23.4 Å². The smallest absolute Gasteiger partial charge is 0.159 e. The summed E-state index contributed by atoms with van der Waals surface area (Å²) in [5.41, 5.74) is -4.21. The highest BCUT2D eigenvalue weighted by molar-refractivity contribution is 5.96.